The van der Waals surface area contributed by atoms with Gasteiger partial charge in [0.05, 0.1) is 5.69 Å². The maximum Gasteiger partial charge on any atom is 0.359 e. The highest BCUT2D eigenvalue weighted by atomic mass is 16.5. The van der Waals surface area contributed by atoms with Crippen molar-refractivity contribution in [3.63, 3.8) is 0 Å². The van der Waals surface area contributed by atoms with Crippen LogP contribution in [0.3, 0.4) is 0 Å². The van der Waals surface area contributed by atoms with E-state index >= 15 is 0 Å². The van der Waals surface area contributed by atoms with Crippen molar-refractivity contribution < 1.29 is 9.53 Å². The van der Waals surface area contributed by atoms with Gasteiger partial charge in [-0.25, -0.2) is 9.78 Å². The predicted octanol–water partition coefficient (Wildman–Crippen LogP) is 4.41. The van der Waals surface area contributed by atoms with Gasteiger partial charge >= 0.3 is 5.97 Å². The van der Waals surface area contributed by atoms with Crippen LogP contribution in [-0.2, 0) is 17.7 Å². The quantitative estimate of drug-likeness (QED) is 0.665. The zero-order valence-electron chi connectivity index (χ0n) is 17.6. The van der Waals surface area contributed by atoms with Crippen LogP contribution in [-0.4, -0.2) is 47.2 Å². The maximum absolute atomic E-state index is 13.2. The van der Waals surface area contributed by atoms with Gasteiger partial charge in [-0.05, 0) is 45.7 Å². The summed E-state index contributed by atoms with van der Waals surface area (Å²) in [5, 5.41) is 0. The summed E-state index contributed by atoms with van der Waals surface area (Å²) >= 11 is 0. The highest BCUT2D eigenvalue weighted by molar-refractivity contribution is 5.90. The van der Waals surface area contributed by atoms with Crippen molar-refractivity contribution in [2.24, 2.45) is 5.92 Å². The number of hydrogen-bond acceptors (Lipinski definition) is 4. The van der Waals surface area contributed by atoms with E-state index in [0.717, 1.165) is 55.9 Å². The molecule has 0 spiro atoms. The summed E-state index contributed by atoms with van der Waals surface area (Å²) < 4.78 is 8.24. The summed E-state index contributed by atoms with van der Waals surface area (Å²) in [7, 11) is 4.03. The zero-order chi connectivity index (χ0) is 20.1. The Labute approximate surface area is 168 Å². The third-order valence-corrected chi connectivity index (χ3v) is 5.68. The van der Waals surface area contributed by atoms with Crippen molar-refractivity contribution in [1.82, 2.24) is 14.5 Å². The Bertz CT molecular complexity index is 783. The highest BCUT2D eigenvalue weighted by Crippen LogP contribution is 2.28. The lowest BCUT2D eigenvalue weighted by atomic mass is 10.0. The van der Waals surface area contributed by atoms with Crippen molar-refractivity contribution >= 4 is 5.97 Å². The number of ether oxygens (including phenoxy) is 1. The first kappa shape index (κ1) is 20.6. The molecular weight excluding hydrogens is 350 g/mol. The Morgan fingerprint density at radius 3 is 2.64 bits per heavy atom. The average molecular weight is 384 g/mol. The smallest absolute Gasteiger partial charge is 0.359 e. The van der Waals surface area contributed by atoms with E-state index in [0.29, 0.717) is 11.6 Å². The summed E-state index contributed by atoms with van der Waals surface area (Å²) in [6.07, 6.45) is 5.12. The Hall–Kier alpha value is -2.14. The summed E-state index contributed by atoms with van der Waals surface area (Å²) in [5.74, 6) is 0.915. The number of esters is 1. The normalized spacial score (nSPS) is 16.3. The molecular formula is C23H33N3O2. The molecule has 0 bridgehead atoms. The van der Waals surface area contributed by atoms with Crippen LogP contribution in [0.25, 0.3) is 11.4 Å². The van der Waals surface area contributed by atoms with E-state index in [1.807, 2.05) is 32.3 Å². The van der Waals surface area contributed by atoms with Gasteiger partial charge in [-0.3, -0.25) is 0 Å². The monoisotopic (exact) mass is 383 g/mol. The molecule has 3 rings (SSSR count). The molecule has 0 saturated heterocycles. The zero-order valence-corrected chi connectivity index (χ0v) is 17.6. The fourth-order valence-corrected chi connectivity index (χ4v) is 3.84. The molecule has 0 aliphatic carbocycles. The average Bonchev–Trinajstić information content (AvgIpc) is 2.88. The molecule has 0 N–H and O–H groups in total. The Kier molecular flexibility index (Phi) is 6.89. The first-order valence-electron chi connectivity index (χ1n) is 10.5. The molecule has 1 aliphatic rings. The molecule has 0 amide bonds. The SMILES string of the molecule is CCC(C)C(CN(C)C)OC(=O)c1nc(-c2ccccc2)n2c1CCCCC2. The third kappa shape index (κ3) is 4.64. The summed E-state index contributed by atoms with van der Waals surface area (Å²) in [5.41, 5.74) is 2.60. The molecule has 2 aromatic rings. The second kappa shape index (κ2) is 9.37. The van der Waals surface area contributed by atoms with Gasteiger partial charge in [0.15, 0.2) is 5.69 Å². The van der Waals surface area contributed by atoms with Crippen molar-refractivity contribution in [2.75, 3.05) is 20.6 Å². The van der Waals surface area contributed by atoms with E-state index < -0.39 is 0 Å². The molecule has 28 heavy (non-hydrogen) atoms. The lowest BCUT2D eigenvalue weighted by molar-refractivity contribution is 0.00728. The minimum absolute atomic E-state index is 0.129. The molecule has 0 radical (unpaired) electrons. The van der Waals surface area contributed by atoms with Crippen molar-refractivity contribution in [2.45, 2.75) is 58.6 Å². The molecule has 5 heteroatoms. The van der Waals surface area contributed by atoms with Gasteiger partial charge in [0, 0.05) is 18.7 Å². The lowest BCUT2D eigenvalue weighted by Crippen LogP contribution is -2.35. The Morgan fingerprint density at radius 1 is 1.21 bits per heavy atom. The number of imidazole rings is 1. The first-order chi connectivity index (χ1) is 13.5. The Morgan fingerprint density at radius 2 is 1.96 bits per heavy atom. The summed E-state index contributed by atoms with van der Waals surface area (Å²) in [4.78, 5) is 20.0. The number of hydrogen-bond donors (Lipinski definition) is 0. The second-order valence-electron chi connectivity index (χ2n) is 8.15. The van der Waals surface area contributed by atoms with E-state index in [9.17, 15) is 4.79 Å². The molecule has 1 aromatic heterocycles. The van der Waals surface area contributed by atoms with Gasteiger partial charge in [0.2, 0.25) is 0 Å². The van der Waals surface area contributed by atoms with Crippen LogP contribution in [0.4, 0.5) is 0 Å². The van der Waals surface area contributed by atoms with Crippen molar-refractivity contribution in [1.29, 1.82) is 0 Å². The molecule has 2 unspecified atom stereocenters. The van der Waals surface area contributed by atoms with Gasteiger partial charge in [-0.1, -0.05) is 50.6 Å². The summed E-state index contributed by atoms with van der Waals surface area (Å²) in [6.45, 7) is 5.91. The highest BCUT2D eigenvalue weighted by Gasteiger charge is 2.28. The molecule has 1 aromatic carbocycles. The predicted molar refractivity (Wildman–Crippen MR) is 112 cm³/mol. The molecule has 2 heterocycles. The van der Waals surface area contributed by atoms with E-state index in [4.69, 9.17) is 9.72 Å². The topological polar surface area (TPSA) is 47.4 Å². The molecule has 0 fully saturated rings. The number of benzene rings is 1. The lowest BCUT2D eigenvalue weighted by Gasteiger charge is -2.26. The number of fused-ring (bicyclic) bond motifs is 1. The van der Waals surface area contributed by atoms with Crippen LogP contribution in [0, 0.1) is 5.92 Å². The van der Waals surface area contributed by atoms with Gasteiger partial charge in [0.25, 0.3) is 0 Å². The van der Waals surface area contributed by atoms with Crippen molar-refractivity contribution in [3.05, 3.63) is 41.7 Å². The van der Waals surface area contributed by atoms with Gasteiger partial charge in [0.1, 0.15) is 11.9 Å². The molecule has 152 valence electrons. The third-order valence-electron chi connectivity index (χ3n) is 5.68. The van der Waals surface area contributed by atoms with E-state index in [2.05, 4.69) is 35.4 Å². The summed E-state index contributed by atoms with van der Waals surface area (Å²) in [6, 6.07) is 10.2. The fourth-order valence-electron chi connectivity index (χ4n) is 3.84. The van der Waals surface area contributed by atoms with Crippen LogP contribution < -0.4 is 0 Å². The van der Waals surface area contributed by atoms with E-state index in [1.54, 1.807) is 0 Å². The first-order valence-corrected chi connectivity index (χ1v) is 10.5. The second-order valence-corrected chi connectivity index (χ2v) is 8.15. The fraction of sp³-hybridized carbons (Fsp3) is 0.565. The van der Waals surface area contributed by atoms with Gasteiger partial charge < -0.3 is 14.2 Å². The van der Waals surface area contributed by atoms with Gasteiger partial charge in [-0.2, -0.15) is 0 Å². The number of carbonyl (C=O) groups excluding carboxylic acids is 1. The van der Waals surface area contributed by atoms with E-state index in [1.165, 1.54) is 6.42 Å². The largest absolute Gasteiger partial charge is 0.456 e. The molecule has 5 nitrogen and oxygen atoms in total. The van der Waals surface area contributed by atoms with Gasteiger partial charge in [-0.15, -0.1) is 0 Å². The minimum Gasteiger partial charge on any atom is -0.456 e. The molecule has 1 aliphatic heterocycles. The van der Waals surface area contributed by atoms with E-state index in [-0.39, 0.29) is 12.1 Å². The van der Waals surface area contributed by atoms with Crippen LogP contribution in [0.1, 0.15) is 55.7 Å². The number of rotatable bonds is 7. The van der Waals surface area contributed by atoms with Crippen LogP contribution in [0.5, 0.6) is 0 Å². The number of carbonyl (C=O) groups is 1. The van der Waals surface area contributed by atoms with Crippen LogP contribution in [0.2, 0.25) is 0 Å². The minimum atomic E-state index is -0.278. The molecule has 2 atom stereocenters. The van der Waals surface area contributed by atoms with Crippen LogP contribution in [0.15, 0.2) is 30.3 Å². The number of nitrogens with zero attached hydrogens (tertiary/aromatic N) is 3. The Balaban J connectivity index is 1.94. The molecule has 0 saturated carbocycles. The standard InChI is InChI=1S/C23H33N3O2/c1-5-17(2)20(16-25(3)4)28-23(27)21-19-14-10-7-11-15-26(19)22(24-21)18-12-8-6-9-13-18/h6,8-9,12-13,17,20H,5,7,10-11,14-16H2,1-4H3. The van der Waals surface area contributed by atoms with Crippen LogP contribution >= 0.6 is 0 Å². The number of likely N-dealkylation sites (N-methyl/N-ethyl adjacent to an activating group) is 1. The van der Waals surface area contributed by atoms with Crippen molar-refractivity contribution in [3.8, 4) is 11.4 Å². The number of aromatic nitrogens is 2. The maximum atomic E-state index is 13.2.